The highest BCUT2D eigenvalue weighted by Crippen LogP contribution is 2.33. The van der Waals surface area contributed by atoms with E-state index in [4.69, 9.17) is 14.2 Å². The number of methoxy groups -OCH3 is 2. The van der Waals surface area contributed by atoms with Gasteiger partial charge < -0.3 is 14.2 Å². The number of carbonyl (C=O) groups excluding carboxylic acids is 2. The molecule has 1 saturated heterocycles. The Morgan fingerprint density at radius 2 is 2.00 bits per heavy atom. The molecule has 0 bridgehead atoms. The Hall–Kier alpha value is -2.24. The lowest BCUT2D eigenvalue weighted by atomic mass is 10.1. The Morgan fingerprint density at radius 3 is 2.53 bits per heavy atom. The zero-order valence-corrected chi connectivity index (χ0v) is 9.35. The van der Waals surface area contributed by atoms with E-state index in [0.717, 1.165) is 0 Å². The molecule has 0 radical (unpaired) electrons. The normalized spacial score (nSPS) is 18.6. The molecule has 6 nitrogen and oxygen atoms in total. The van der Waals surface area contributed by atoms with Gasteiger partial charge in [-0.1, -0.05) is 0 Å². The van der Waals surface area contributed by atoms with Crippen molar-refractivity contribution in [1.82, 2.24) is 5.32 Å². The van der Waals surface area contributed by atoms with E-state index in [-0.39, 0.29) is 0 Å². The summed E-state index contributed by atoms with van der Waals surface area (Å²) in [5.74, 6) is 0.521. The van der Waals surface area contributed by atoms with Crippen molar-refractivity contribution < 1.29 is 23.8 Å². The molecule has 1 fully saturated rings. The zero-order chi connectivity index (χ0) is 12.4. The Labute approximate surface area is 97.5 Å². The highest BCUT2D eigenvalue weighted by molar-refractivity contribution is 6.00. The van der Waals surface area contributed by atoms with Gasteiger partial charge in [0.2, 0.25) is 6.10 Å². The molecular formula is C11H11NO5. The van der Waals surface area contributed by atoms with E-state index in [0.29, 0.717) is 17.1 Å². The third-order valence-electron chi connectivity index (χ3n) is 2.41. The summed E-state index contributed by atoms with van der Waals surface area (Å²) in [6.07, 6.45) is -1.72. The molecule has 1 N–H and O–H groups in total. The molecule has 1 aliphatic heterocycles. The molecule has 90 valence electrons. The van der Waals surface area contributed by atoms with Crippen molar-refractivity contribution in [2.45, 2.75) is 6.10 Å². The van der Waals surface area contributed by atoms with Crippen LogP contribution in [0.4, 0.5) is 4.79 Å². The number of nitrogens with one attached hydrogen (secondary N) is 1. The largest absolute Gasteiger partial charge is 0.497 e. The molecule has 1 atom stereocenters. The molecule has 0 aromatic heterocycles. The topological polar surface area (TPSA) is 73.9 Å². The average molecular weight is 237 g/mol. The number of hydrogen-bond donors (Lipinski definition) is 1. The van der Waals surface area contributed by atoms with Gasteiger partial charge in [-0.05, 0) is 12.1 Å². The smallest absolute Gasteiger partial charge is 0.415 e. The van der Waals surface area contributed by atoms with E-state index in [1.54, 1.807) is 18.2 Å². The van der Waals surface area contributed by atoms with Crippen LogP contribution >= 0.6 is 0 Å². The van der Waals surface area contributed by atoms with Crippen LogP contribution in [-0.2, 0) is 9.53 Å². The van der Waals surface area contributed by atoms with Crippen LogP contribution in [0.3, 0.4) is 0 Å². The number of alkyl carbamates (subject to hydrolysis) is 1. The Bertz CT molecular complexity index is 471. The van der Waals surface area contributed by atoms with Crippen LogP contribution in [0.2, 0.25) is 0 Å². The third-order valence-corrected chi connectivity index (χ3v) is 2.41. The molecular weight excluding hydrogens is 226 g/mol. The SMILES string of the molecule is COc1ccc([C@H]2OC(=O)NC2=O)c(OC)c1. The van der Waals surface area contributed by atoms with Crippen molar-refractivity contribution in [2.75, 3.05) is 14.2 Å². The van der Waals surface area contributed by atoms with E-state index in [2.05, 4.69) is 5.32 Å². The Morgan fingerprint density at radius 1 is 1.24 bits per heavy atom. The number of imide groups is 1. The van der Waals surface area contributed by atoms with Gasteiger partial charge in [-0.25, -0.2) is 4.79 Å². The average Bonchev–Trinajstić information content (AvgIpc) is 2.67. The molecule has 1 aromatic rings. The van der Waals surface area contributed by atoms with Crippen LogP contribution < -0.4 is 14.8 Å². The maximum Gasteiger partial charge on any atom is 0.415 e. The minimum Gasteiger partial charge on any atom is -0.497 e. The van der Waals surface area contributed by atoms with Gasteiger partial charge in [0.25, 0.3) is 5.91 Å². The second kappa shape index (κ2) is 4.32. The molecule has 1 aromatic carbocycles. The number of hydrogen-bond acceptors (Lipinski definition) is 5. The number of amides is 2. The second-order valence-corrected chi connectivity index (χ2v) is 3.38. The summed E-state index contributed by atoms with van der Waals surface area (Å²) < 4.78 is 15.0. The molecule has 0 unspecified atom stereocenters. The fraction of sp³-hybridized carbons (Fsp3) is 0.273. The minimum absolute atomic E-state index is 0.430. The van der Waals surface area contributed by atoms with Crippen molar-refractivity contribution in [1.29, 1.82) is 0 Å². The second-order valence-electron chi connectivity index (χ2n) is 3.38. The van der Waals surface area contributed by atoms with Crippen LogP contribution in [0.25, 0.3) is 0 Å². The van der Waals surface area contributed by atoms with Crippen LogP contribution in [-0.4, -0.2) is 26.2 Å². The lowest BCUT2D eigenvalue weighted by molar-refractivity contribution is -0.123. The molecule has 2 rings (SSSR count). The maximum atomic E-state index is 11.5. The number of cyclic esters (lactones) is 1. The summed E-state index contributed by atoms with van der Waals surface area (Å²) in [5, 5.41) is 2.06. The summed E-state index contributed by atoms with van der Waals surface area (Å²) in [7, 11) is 2.99. The number of benzene rings is 1. The first-order valence-electron chi connectivity index (χ1n) is 4.89. The fourth-order valence-electron chi connectivity index (χ4n) is 1.60. The van der Waals surface area contributed by atoms with Gasteiger partial charge in [-0.3, -0.25) is 10.1 Å². The number of carbonyl (C=O) groups is 2. The van der Waals surface area contributed by atoms with E-state index in [1.165, 1.54) is 14.2 Å². The first-order chi connectivity index (χ1) is 8.15. The van der Waals surface area contributed by atoms with E-state index < -0.39 is 18.1 Å². The molecule has 17 heavy (non-hydrogen) atoms. The molecule has 0 aliphatic carbocycles. The van der Waals surface area contributed by atoms with Crippen LogP contribution in [0.5, 0.6) is 11.5 Å². The predicted octanol–water partition coefficient (Wildman–Crippen LogP) is 1.01. The highest BCUT2D eigenvalue weighted by atomic mass is 16.6. The highest BCUT2D eigenvalue weighted by Gasteiger charge is 2.35. The van der Waals surface area contributed by atoms with Crippen molar-refractivity contribution in [3.05, 3.63) is 23.8 Å². The first kappa shape index (κ1) is 11.3. The number of rotatable bonds is 3. The lowest BCUT2D eigenvalue weighted by Crippen LogP contribution is -2.20. The quantitative estimate of drug-likeness (QED) is 0.849. The monoisotopic (exact) mass is 237 g/mol. The summed E-state index contributed by atoms with van der Waals surface area (Å²) in [6.45, 7) is 0. The number of ether oxygens (including phenoxy) is 3. The van der Waals surface area contributed by atoms with Crippen LogP contribution in [0, 0.1) is 0 Å². The Kier molecular flexibility index (Phi) is 2.86. The van der Waals surface area contributed by atoms with Crippen LogP contribution in [0.15, 0.2) is 18.2 Å². The van der Waals surface area contributed by atoms with Gasteiger partial charge in [-0.2, -0.15) is 0 Å². The van der Waals surface area contributed by atoms with E-state index in [1.807, 2.05) is 0 Å². The summed E-state index contributed by atoms with van der Waals surface area (Å²) >= 11 is 0. The van der Waals surface area contributed by atoms with Gasteiger partial charge in [0.1, 0.15) is 11.5 Å². The molecule has 1 aliphatic rings. The fourth-order valence-corrected chi connectivity index (χ4v) is 1.60. The van der Waals surface area contributed by atoms with Crippen molar-refractivity contribution in [2.24, 2.45) is 0 Å². The van der Waals surface area contributed by atoms with Crippen molar-refractivity contribution >= 4 is 12.0 Å². The van der Waals surface area contributed by atoms with E-state index >= 15 is 0 Å². The van der Waals surface area contributed by atoms with Gasteiger partial charge in [0.15, 0.2) is 0 Å². The van der Waals surface area contributed by atoms with Gasteiger partial charge in [0.05, 0.1) is 14.2 Å². The molecule has 0 saturated carbocycles. The maximum absolute atomic E-state index is 11.5. The van der Waals surface area contributed by atoms with Crippen molar-refractivity contribution in [3.8, 4) is 11.5 Å². The van der Waals surface area contributed by atoms with E-state index in [9.17, 15) is 9.59 Å². The lowest BCUT2D eigenvalue weighted by Gasteiger charge is -2.12. The Balaban J connectivity index is 2.38. The molecule has 2 amide bonds. The molecule has 6 heteroatoms. The van der Waals surface area contributed by atoms with Crippen LogP contribution in [0.1, 0.15) is 11.7 Å². The summed E-state index contributed by atoms with van der Waals surface area (Å²) in [4.78, 5) is 22.4. The first-order valence-corrected chi connectivity index (χ1v) is 4.89. The standard InChI is InChI=1S/C11H11NO5/c1-15-6-3-4-7(8(5-6)16-2)9-10(13)12-11(14)17-9/h3-5,9H,1-2H3,(H,12,13,14)/t9-/m1/s1. The predicted molar refractivity (Wildman–Crippen MR) is 56.9 cm³/mol. The van der Waals surface area contributed by atoms with Gasteiger partial charge >= 0.3 is 6.09 Å². The summed E-state index contributed by atoms with van der Waals surface area (Å²) in [5.41, 5.74) is 0.483. The zero-order valence-electron chi connectivity index (χ0n) is 9.35. The molecule has 1 heterocycles. The summed E-state index contributed by atoms with van der Waals surface area (Å²) in [6, 6.07) is 4.91. The van der Waals surface area contributed by atoms with Crippen molar-refractivity contribution in [3.63, 3.8) is 0 Å². The third kappa shape index (κ3) is 2.01. The van der Waals surface area contributed by atoms with Gasteiger partial charge in [0, 0.05) is 11.6 Å². The molecule has 0 spiro atoms. The minimum atomic E-state index is -0.969. The van der Waals surface area contributed by atoms with Gasteiger partial charge in [-0.15, -0.1) is 0 Å².